The van der Waals surface area contributed by atoms with Crippen LogP contribution in [0.1, 0.15) is 30.2 Å². The molecule has 120 valence electrons. The Balaban J connectivity index is 2.24. The number of nitrogens with one attached hydrogen (secondary N) is 1. The average molecular weight is 332 g/mol. The standard InChI is InChI=1S/C14H24N2O3S2/c1-4-6-15-8-13-14(11(2)10-20-13)21(17,18)16(3)12-5-7-19-9-12/h10,12,15H,4-9H2,1-3H3. The quantitative estimate of drug-likeness (QED) is 0.776. The van der Waals surface area contributed by atoms with Gasteiger partial charge >= 0.3 is 0 Å². The number of nitrogens with zero attached hydrogens (tertiary/aromatic N) is 1. The van der Waals surface area contributed by atoms with Crippen LogP contribution in [-0.2, 0) is 21.3 Å². The largest absolute Gasteiger partial charge is 0.380 e. The number of hydrogen-bond acceptors (Lipinski definition) is 5. The third-order valence-electron chi connectivity index (χ3n) is 3.76. The Bertz CT molecular complexity index is 563. The summed E-state index contributed by atoms with van der Waals surface area (Å²) in [7, 11) is -1.79. The smallest absolute Gasteiger partial charge is 0.244 e. The van der Waals surface area contributed by atoms with Gasteiger partial charge in [-0.05, 0) is 37.3 Å². The number of thiophene rings is 1. The molecule has 0 aliphatic carbocycles. The second kappa shape index (κ2) is 7.19. The summed E-state index contributed by atoms with van der Waals surface area (Å²) in [6, 6.07) is -0.0502. The molecule has 1 aliphatic heterocycles. The van der Waals surface area contributed by atoms with Gasteiger partial charge < -0.3 is 10.1 Å². The normalized spacial score (nSPS) is 19.5. The van der Waals surface area contributed by atoms with Gasteiger partial charge in [0.25, 0.3) is 0 Å². The molecule has 1 fully saturated rings. The zero-order valence-corrected chi connectivity index (χ0v) is 14.5. The molecule has 1 aromatic heterocycles. The monoisotopic (exact) mass is 332 g/mol. The molecule has 1 aromatic rings. The van der Waals surface area contributed by atoms with Gasteiger partial charge in [0.15, 0.2) is 0 Å². The maximum Gasteiger partial charge on any atom is 0.244 e. The fraction of sp³-hybridized carbons (Fsp3) is 0.714. The van der Waals surface area contributed by atoms with E-state index in [2.05, 4.69) is 12.2 Å². The first-order valence-corrected chi connectivity index (χ1v) is 9.64. The predicted molar refractivity (Wildman–Crippen MR) is 85.2 cm³/mol. The number of sulfonamides is 1. The van der Waals surface area contributed by atoms with E-state index >= 15 is 0 Å². The van der Waals surface area contributed by atoms with E-state index in [1.54, 1.807) is 7.05 Å². The van der Waals surface area contributed by atoms with Crippen molar-refractivity contribution in [3.05, 3.63) is 15.8 Å². The first kappa shape index (κ1) is 16.9. The fourth-order valence-corrected chi connectivity index (χ4v) is 5.58. The summed E-state index contributed by atoms with van der Waals surface area (Å²) in [5.74, 6) is 0. The molecule has 21 heavy (non-hydrogen) atoms. The lowest BCUT2D eigenvalue weighted by atomic mass is 10.3. The first-order chi connectivity index (χ1) is 9.98. The lowest BCUT2D eigenvalue weighted by Crippen LogP contribution is -2.38. The third kappa shape index (κ3) is 3.65. The summed E-state index contributed by atoms with van der Waals surface area (Å²) in [4.78, 5) is 1.37. The van der Waals surface area contributed by atoms with E-state index in [0.717, 1.165) is 29.8 Å². The second-order valence-electron chi connectivity index (χ2n) is 5.39. The third-order valence-corrected chi connectivity index (χ3v) is 7.13. The SMILES string of the molecule is CCCNCc1scc(C)c1S(=O)(=O)N(C)C1CCOC1. The molecule has 1 aliphatic rings. The van der Waals surface area contributed by atoms with Crippen LogP contribution in [0.5, 0.6) is 0 Å². The average Bonchev–Trinajstić information content (AvgIpc) is 3.08. The van der Waals surface area contributed by atoms with Crippen LogP contribution in [-0.4, -0.2) is 45.6 Å². The van der Waals surface area contributed by atoms with Gasteiger partial charge in [0.05, 0.1) is 12.6 Å². The molecular formula is C14H24N2O3S2. The van der Waals surface area contributed by atoms with Crippen molar-refractivity contribution in [1.29, 1.82) is 0 Å². The zero-order valence-electron chi connectivity index (χ0n) is 12.9. The Morgan fingerprint density at radius 1 is 1.52 bits per heavy atom. The van der Waals surface area contributed by atoms with E-state index in [4.69, 9.17) is 4.74 Å². The van der Waals surface area contributed by atoms with Crippen molar-refractivity contribution in [3.8, 4) is 0 Å². The Kier molecular flexibility index (Phi) is 5.79. The molecule has 0 radical (unpaired) electrons. The van der Waals surface area contributed by atoms with E-state index in [9.17, 15) is 8.42 Å². The van der Waals surface area contributed by atoms with Crippen molar-refractivity contribution < 1.29 is 13.2 Å². The molecule has 5 nitrogen and oxygen atoms in total. The Morgan fingerprint density at radius 3 is 2.90 bits per heavy atom. The molecule has 1 atom stereocenters. The molecule has 0 amide bonds. The Labute approximate surface area is 131 Å². The van der Waals surface area contributed by atoms with Crippen LogP contribution in [0.3, 0.4) is 0 Å². The van der Waals surface area contributed by atoms with Gasteiger partial charge in [-0.25, -0.2) is 8.42 Å². The van der Waals surface area contributed by atoms with Gasteiger partial charge in [0.2, 0.25) is 10.0 Å². The van der Waals surface area contributed by atoms with Crippen molar-refractivity contribution in [2.75, 3.05) is 26.8 Å². The molecule has 0 spiro atoms. The molecule has 1 N–H and O–H groups in total. The van der Waals surface area contributed by atoms with Crippen LogP contribution in [0.15, 0.2) is 10.3 Å². The maximum absolute atomic E-state index is 12.9. The maximum atomic E-state index is 12.9. The lowest BCUT2D eigenvalue weighted by Gasteiger charge is -2.23. The molecule has 0 aromatic carbocycles. The highest BCUT2D eigenvalue weighted by atomic mass is 32.2. The summed E-state index contributed by atoms with van der Waals surface area (Å²) >= 11 is 1.51. The van der Waals surface area contributed by atoms with E-state index in [0.29, 0.717) is 24.7 Å². The van der Waals surface area contributed by atoms with E-state index in [-0.39, 0.29) is 6.04 Å². The fourth-order valence-electron chi connectivity index (χ4n) is 2.48. The Hall–Kier alpha value is -0.470. The topological polar surface area (TPSA) is 58.6 Å². The van der Waals surface area contributed by atoms with E-state index in [1.807, 2.05) is 12.3 Å². The molecule has 1 saturated heterocycles. The molecule has 2 heterocycles. The minimum Gasteiger partial charge on any atom is -0.380 e. The van der Waals surface area contributed by atoms with Gasteiger partial charge in [0.1, 0.15) is 4.90 Å². The van der Waals surface area contributed by atoms with E-state index in [1.165, 1.54) is 15.6 Å². The van der Waals surface area contributed by atoms with Crippen molar-refractivity contribution in [1.82, 2.24) is 9.62 Å². The van der Waals surface area contributed by atoms with Gasteiger partial charge in [0, 0.05) is 25.1 Å². The molecule has 2 rings (SSSR count). The number of likely N-dealkylation sites (N-methyl/N-ethyl adjacent to an activating group) is 1. The minimum absolute atomic E-state index is 0.0502. The van der Waals surface area contributed by atoms with Gasteiger partial charge in [-0.15, -0.1) is 11.3 Å². The van der Waals surface area contributed by atoms with Crippen LogP contribution >= 0.6 is 11.3 Å². The van der Waals surface area contributed by atoms with Crippen molar-refractivity contribution in [2.45, 2.75) is 44.2 Å². The summed E-state index contributed by atoms with van der Waals surface area (Å²) in [5.41, 5.74) is 0.832. The summed E-state index contributed by atoms with van der Waals surface area (Å²) in [6.07, 6.45) is 1.80. The van der Waals surface area contributed by atoms with Crippen LogP contribution in [0.25, 0.3) is 0 Å². The molecule has 0 saturated carbocycles. The van der Waals surface area contributed by atoms with Crippen molar-refractivity contribution >= 4 is 21.4 Å². The van der Waals surface area contributed by atoms with Crippen molar-refractivity contribution in [2.24, 2.45) is 0 Å². The van der Waals surface area contributed by atoms with Crippen LogP contribution in [0.4, 0.5) is 0 Å². The molecule has 7 heteroatoms. The van der Waals surface area contributed by atoms with E-state index < -0.39 is 10.0 Å². The predicted octanol–water partition coefficient (Wildman–Crippen LogP) is 1.97. The highest BCUT2D eigenvalue weighted by molar-refractivity contribution is 7.89. The molecular weight excluding hydrogens is 308 g/mol. The second-order valence-corrected chi connectivity index (χ2v) is 8.29. The summed E-state index contributed by atoms with van der Waals surface area (Å²) < 4.78 is 32.6. The zero-order chi connectivity index (χ0) is 15.5. The summed E-state index contributed by atoms with van der Waals surface area (Å²) in [5, 5.41) is 5.21. The van der Waals surface area contributed by atoms with Gasteiger partial charge in [-0.3, -0.25) is 0 Å². The Morgan fingerprint density at radius 2 is 2.29 bits per heavy atom. The first-order valence-electron chi connectivity index (χ1n) is 7.32. The summed E-state index contributed by atoms with van der Waals surface area (Å²) in [6.45, 7) is 6.59. The highest BCUT2D eigenvalue weighted by Crippen LogP contribution is 2.30. The molecule has 0 bridgehead atoms. The number of ether oxygens (including phenoxy) is 1. The van der Waals surface area contributed by atoms with Crippen LogP contribution in [0.2, 0.25) is 0 Å². The number of rotatable bonds is 7. The highest BCUT2D eigenvalue weighted by Gasteiger charge is 2.33. The number of aryl methyl sites for hydroxylation is 1. The molecule has 1 unspecified atom stereocenters. The minimum atomic E-state index is -3.45. The van der Waals surface area contributed by atoms with Crippen LogP contribution in [0, 0.1) is 6.92 Å². The number of hydrogen-bond donors (Lipinski definition) is 1. The lowest BCUT2D eigenvalue weighted by molar-refractivity contribution is 0.181. The van der Waals surface area contributed by atoms with Gasteiger partial charge in [-0.2, -0.15) is 4.31 Å². The van der Waals surface area contributed by atoms with Crippen LogP contribution < -0.4 is 5.32 Å². The van der Waals surface area contributed by atoms with Gasteiger partial charge in [-0.1, -0.05) is 6.92 Å². The van der Waals surface area contributed by atoms with Crippen molar-refractivity contribution in [3.63, 3.8) is 0 Å².